The van der Waals surface area contributed by atoms with E-state index in [1.807, 2.05) is 54.6 Å². The van der Waals surface area contributed by atoms with Gasteiger partial charge in [-0.3, -0.25) is 14.4 Å². The fraction of sp³-hybridized carbons (Fsp3) is 0.512. The van der Waals surface area contributed by atoms with E-state index in [0.717, 1.165) is 34.4 Å². The molecule has 3 saturated carbocycles. The van der Waals surface area contributed by atoms with Crippen molar-refractivity contribution in [2.24, 2.45) is 29.1 Å². The summed E-state index contributed by atoms with van der Waals surface area (Å²) in [4.78, 5) is 34.8. The molecule has 1 heterocycles. The number of carbonyl (C=O) groups excluding carboxylic acids is 2. The van der Waals surface area contributed by atoms with Crippen molar-refractivity contribution in [2.75, 3.05) is 27.8 Å². The number of hydrogen-bond donors (Lipinski definition) is 3. The first-order valence-corrected chi connectivity index (χ1v) is 18.1. The highest BCUT2D eigenvalue weighted by Gasteiger charge is 2.57. The van der Waals surface area contributed by atoms with Gasteiger partial charge in [-0.1, -0.05) is 63.2 Å². The number of benzene rings is 3. The summed E-state index contributed by atoms with van der Waals surface area (Å²) < 4.78 is 11.9. The molecule has 3 N–H and O–H groups in total. The van der Waals surface area contributed by atoms with Crippen molar-refractivity contribution in [3.63, 3.8) is 0 Å². The first-order valence-electron chi connectivity index (χ1n) is 18.1. The van der Waals surface area contributed by atoms with Gasteiger partial charge in [-0.2, -0.15) is 5.06 Å². The molecule has 10 heteroatoms. The van der Waals surface area contributed by atoms with Gasteiger partial charge in [0.25, 0.3) is 5.91 Å². The molecule has 274 valence electrons. The highest BCUT2D eigenvalue weighted by atomic mass is 16.7. The van der Waals surface area contributed by atoms with Crippen LogP contribution in [0.25, 0.3) is 11.1 Å². The molecule has 51 heavy (non-hydrogen) atoms. The van der Waals surface area contributed by atoms with Gasteiger partial charge < -0.3 is 29.9 Å². The second kappa shape index (κ2) is 14.9. The molecule has 1 saturated heterocycles. The Balaban J connectivity index is 1.32. The van der Waals surface area contributed by atoms with Crippen LogP contribution in [0, 0.1) is 29.1 Å². The lowest BCUT2D eigenvalue weighted by Gasteiger charge is -2.62. The van der Waals surface area contributed by atoms with Crippen LogP contribution in [0.3, 0.4) is 0 Å². The van der Waals surface area contributed by atoms with E-state index < -0.39 is 24.2 Å². The maximum absolute atomic E-state index is 14.3. The molecular formula is C41H53N3O7. The fourth-order valence-corrected chi connectivity index (χ4v) is 8.69. The Bertz CT molecular complexity index is 1690. The number of ether oxygens (including phenoxy) is 2. The van der Waals surface area contributed by atoms with Crippen molar-refractivity contribution in [3.05, 3.63) is 83.4 Å². The highest BCUT2D eigenvalue weighted by Crippen LogP contribution is 2.61. The van der Waals surface area contributed by atoms with Gasteiger partial charge in [0, 0.05) is 42.7 Å². The molecule has 0 unspecified atom stereocenters. The molecule has 10 nitrogen and oxygen atoms in total. The molecule has 4 aliphatic rings. The molecule has 2 bridgehead atoms. The maximum Gasteiger partial charge on any atom is 0.253 e. The maximum atomic E-state index is 14.3. The minimum Gasteiger partial charge on any atom is -0.497 e. The van der Waals surface area contributed by atoms with Crippen LogP contribution in [0.1, 0.15) is 62.0 Å². The van der Waals surface area contributed by atoms with E-state index in [1.165, 1.54) is 6.42 Å². The summed E-state index contributed by atoms with van der Waals surface area (Å²) in [6, 6.07) is 20.1. The van der Waals surface area contributed by atoms with Gasteiger partial charge in [0.1, 0.15) is 30.3 Å². The van der Waals surface area contributed by atoms with Gasteiger partial charge in [-0.05, 0) is 78.3 Å². The zero-order valence-electron chi connectivity index (χ0n) is 30.8. The molecule has 7 rings (SSSR count). The van der Waals surface area contributed by atoms with Gasteiger partial charge in [0.2, 0.25) is 5.91 Å². The van der Waals surface area contributed by atoms with E-state index in [9.17, 15) is 19.8 Å². The number of aliphatic hydroxyl groups excluding tert-OH is 2. The van der Waals surface area contributed by atoms with Gasteiger partial charge in [0.05, 0.1) is 26.4 Å². The smallest absolute Gasteiger partial charge is 0.253 e. The molecule has 2 amide bonds. The lowest BCUT2D eigenvalue weighted by Crippen LogP contribution is -2.62. The summed E-state index contributed by atoms with van der Waals surface area (Å²) >= 11 is 0. The number of hydrogen-bond acceptors (Lipinski definition) is 8. The number of hydroxylamine groups is 2. The van der Waals surface area contributed by atoms with E-state index in [-0.39, 0.29) is 43.0 Å². The topological polar surface area (TPSA) is 121 Å². The molecule has 0 radical (unpaired) electrons. The van der Waals surface area contributed by atoms with Crippen LogP contribution >= 0.6 is 0 Å². The minimum atomic E-state index is -0.903. The summed E-state index contributed by atoms with van der Waals surface area (Å²) in [6.45, 7) is 8.65. The van der Waals surface area contributed by atoms with E-state index in [1.54, 1.807) is 50.2 Å². The Hall–Kier alpha value is -3.96. The lowest BCUT2D eigenvalue weighted by molar-refractivity contribution is -0.183. The summed E-state index contributed by atoms with van der Waals surface area (Å²) in [7, 11) is 5.07. The van der Waals surface area contributed by atoms with E-state index in [0.29, 0.717) is 29.1 Å². The quantitative estimate of drug-likeness (QED) is 0.233. The molecule has 0 spiro atoms. The molecular weight excluding hydrogens is 646 g/mol. The van der Waals surface area contributed by atoms with Gasteiger partial charge in [-0.25, -0.2) is 0 Å². The van der Waals surface area contributed by atoms with Gasteiger partial charge in [-0.15, -0.1) is 0 Å². The average molecular weight is 700 g/mol. The summed E-state index contributed by atoms with van der Waals surface area (Å²) in [5, 5.41) is 26.3. The number of aliphatic hydroxyl groups is 2. The molecule has 4 fully saturated rings. The molecule has 3 aliphatic carbocycles. The summed E-state index contributed by atoms with van der Waals surface area (Å²) in [6.07, 6.45) is 0.466. The number of carbonyl (C=O) groups is 2. The number of rotatable bonds is 12. The summed E-state index contributed by atoms with van der Waals surface area (Å²) in [5.74, 6) is 1.87. The van der Waals surface area contributed by atoms with Crippen molar-refractivity contribution < 1.29 is 34.1 Å². The normalized spacial score (nSPS) is 27.3. The van der Waals surface area contributed by atoms with Crippen LogP contribution in [0.4, 0.5) is 0 Å². The van der Waals surface area contributed by atoms with Crippen molar-refractivity contribution in [2.45, 2.75) is 78.0 Å². The van der Waals surface area contributed by atoms with E-state index >= 15 is 0 Å². The molecule has 1 aliphatic heterocycles. The zero-order valence-corrected chi connectivity index (χ0v) is 30.8. The van der Waals surface area contributed by atoms with Crippen molar-refractivity contribution in [1.29, 1.82) is 0 Å². The molecule has 8 atom stereocenters. The number of amides is 2. The molecule has 3 aromatic carbocycles. The zero-order chi connectivity index (χ0) is 36.6. The standard InChI is InChI=1S/C41H53N3O7/c1-24-33-19-30(41(33,3)4)20-34(24)42-39(47)37-36(25(2)46)35(22-45)51-44(37)21-29-9-8-10-32(27-13-15-28(16-14-27)40(48)43(5)6)38(29)50-23-26-11-17-31(49-7)18-12-26/h8-18,24-25,30,33-37,45-46H,19-23H2,1-7H3,(H,42,47)/t24-,25-,30+,33+,34-,35-,36+,37-/m0/s1. The first-order chi connectivity index (χ1) is 24.3. The van der Waals surface area contributed by atoms with E-state index in [4.69, 9.17) is 14.3 Å². The van der Waals surface area contributed by atoms with Crippen molar-refractivity contribution in [3.8, 4) is 22.6 Å². The number of methoxy groups -OCH3 is 1. The Kier molecular flexibility index (Phi) is 10.8. The predicted molar refractivity (Wildman–Crippen MR) is 195 cm³/mol. The van der Waals surface area contributed by atoms with Crippen LogP contribution in [-0.4, -0.2) is 84.1 Å². The Morgan fingerprint density at radius 1 is 1.06 bits per heavy atom. The fourth-order valence-electron chi connectivity index (χ4n) is 8.69. The lowest BCUT2D eigenvalue weighted by atomic mass is 9.45. The van der Waals surface area contributed by atoms with Crippen LogP contribution in [0.15, 0.2) is 66.7 Å². The monoisotopic (exact) mass is 699 g/mol. The van der Waals surface area contributed by atoms with Crippen LogP contribution in [0.5, 0.6) is 11.5 Å². The third kappa shape index (κ3) is 7.24. The second-order valence-electron chi connectivity index (χ2n) is 15.4. The average Bonchev–Trinajstić information content (AvgIpc) is 3.50. The third-order valence-corrected chi connectivity index (χ3v) is 11.9. The number of nitrogens with zero attached hydrogens (tertiary/aromatic N) is 2. The number of nitrogens with one attached hydrogen (secondary N) is 1. The third-order valence-electron chi connectivity index (χ3n) is 11.9. The SMILES string of the molecule is COc1ccc(COc2c(CN3O[C@@H](CO)[C@@H]([C@H](C)O)[C@H]3C(=O)N[C@H]3C[C@H]4C[C@H]([C@@H]3C)C4(C)C)cccc2-c2ccc(C(=O)N(C)C)cc2)cc1. The minimum absolute atomic E-state index is 0.0352. The second-order valence-corrected chi connectivity index (χ2v) is 15.4. The van der Waals surface area contributed by atoms with E-state index in [2.05, 4.69) is 26.1 Å². The van der Waals surface area contributed by atoms with Crippen LogP contribution in [-0.2, 0) is 22.8 Å². The van der Waals surface area contributed by atoms with Crippen LogP contribution in [0.2, 0.25) is 0 Å². The molecule has 3 aromatic rings. The van der Waals surface area contributed by atoms with Gasteiger partial charge >= 0.3 is 0 Å². The van der Waals surface area contributed by atoms with Crippen LogP contribution < -0.4 is 14.8 Å². The first kappa shape index (κ1) is 36.8. The Labute approximate surface area is 301 Å². The predicted octanol–water partition coefficient (Wildman–Crippen LogP) is 5.30. The largest absolute Gasteiger partial charge is 0.497 e. The summed E-state index contributed by atoms with van der Waals surface area (Å²) in [5.41, 5.74) is 4.24. The number of fused-ring (bicyclic) bond motifs is 2. The molecule has 0 aromatic heterocycles. The van der Waals surface area contributed by atoms with Crippen molar-refractivity contribution >= 4 is 11.8 Å². The van der Waals surface area contributed by atoms with Gasteiger partial charge in [0.15, 0.2) is 0 Å². The van der Waals surface area contributed by atoms with Crippen molar-refractivity contribution in [1.82, 2.24) is 15.3 Å². The Morgan fingerprint density at radius 2 is 1.76 bits per heavy atom. The number of para-hydroxylation sites is 1. The Morgan fingerprint density at radius 3 is 2.35 bits per heavy atom. The highest BCUT2D eigenvalue weighted by molar-refractivity contribution is 5.94.